The third-order valence-electron chi connectivity index (χ3n) is 2.43. The van der Waals surface area contributed by atoms with E-state index in [1.54, 1.807) is 0 Å². The van der Waals surface area contributed by atoms with Gasteiger partial charge in [-0.15, -0.1) is 0 Å². The van der Waals surface area contributed by atoms with Gasteiger partial charge in [0, 0.05) is 12.3 Å². The monoisotopic (exact) mass is 196 g/mol. The van der Waals surface area contributed by atoms with Crippen LogP contribution in [0.4, 0.5) is 0 Å². The summed E-state index contributed by atoms with van der Waals surface area (Å²) in [6.07, 6.45) is 6.40. The molecule has 1 atom stereocenters. The Morgan fingerprint density at radius 2 is 2.00 bits per heavy atom. The van der Waals surface area contributed by atoms with Crippen molar-refractivity contribution in [1.29, 1.82) is 0 Å². The molecule has 1 rings (SSSR count). The first-order valence-electron chi connectivity index (χ1n) is 5.21. The van der Waals surface area contributed by atoms with Crippen molar-refractivity contribution in [2.45, 2.75) is 45.3 Å². The number of carbonyl (C=O) groups excluding carboxylic acids is 1. The van der Waals surface area contributed by atoms with Gasteiger partial charge < -0.3 is 0 Å². The molecular formula is C11H20OSi. The van der Waals surface area contributed by atoms with Crippen molar-refractivity contribution in [3.63, 3.8) is 0 Å². The standard InChI is InChI=1S/C11H20OSi/c1-13(2,3)9-8-10-6-4-5-7-11(10)12/h8-10H,4-7H2,1-3H3. The molecule has 0 aromatic heterocycles. The number of allylic oxidation sites excluding steroid dienone is 1. The molecule has 1 saturated carbocycles. The van der Waals surface area contributed by atoms with Crippen LogP contribution in [0.25, 0.3) is 0 Å². The first-order chi connectivity index (χ1) is 5.99. The number of Topliss-reactive ketones (excluding diaryl/α,β-unsaturated/α-hetero) is 1. The van der Waals surface area contributed by atoms with Crippen molar-refractivity contribution in [2.24, 2.45) is 5.92 Å². The maximum Gasteiger partial charge on any atom is 0.139 e. The van der Waals surface area contributed by atoms with Gasteiger partial charge in [0.2, 0.25) is 0 Å². The fourth-order valence-corrected chi connectivity index (χ4v) is 2.43. The molecule has 0 aromatic rings. The van der Waals surface area contributed by atoms with Crippen LogP contribution in [0.1, 0.15) is 25.7 Å². The van der Waals surface area contributed by atoms with Gasteiger partial charge >= 0.3 is 0 Å². The van der Waals surface area contributed by atoms with Crippen molar-refractivity contribution < 1.29 is 4.79 Å². The molecular weight excluding hydrogens is 176 g/mol. The van der Waals surface area contributed by atoms with E-state index in [9.17, 15) is 4.79 Å². The first kappa shape index (κ1) is 10.7. The fourth-order valence-electron chi connectivity index (χ4n) is 1.62. The van der Waals surface area contributed by atoms with E-state index in [1.807, 2.05) is 0 Å². The molecule has 0 aliphatic heterocycles. The van der Waals surface area contributed by atoms with Crippen LogP contribution in [0.3, 0.4) is 0 Å². The summed E-state index contributed by atoms with van der Waals surface area (Å²) < 4.78 is 0. The van der Waals surface area contributed by atoms with E-state index in [1.165, 1.54) is 6.42 Å². The minimum Gasteiger partial charge on any atom is -0.299 e. The molecule has 0 radical (unpaired) electrons. The van der Waals surface area contributed by atoms with Gasteiger partial charge in [-0.25, -0.2) is 0 Å². The number of rotatable bonds is 2. The van der Waals surface area contributed by atoms with Crippen molar-refractivity contribution >= 4 is 13.9 Å². The molecule has 13 heavy (non-hydrogen) atoms. The molecule has 0 bridgehead atoms. The van der Waals surface area contributed by atoms with E-state index in [4.69, 9.17) is 0 Å². The minimum atomic E-state index is -1.10. The second-order valence-corrected chi connectivity index (χ2v) is 10.1. The lowest BCUT2D eigenvalue weighted by molar-refractivity contribution is -0.122. The van der Waals surface area contributed by atoms with Gasteiger partial charge in [-0.05, 0) is 12.8 Å². The van der Waals surface area contributed by atoms with E-state index in [0.29, 0.717) is 5.78 Å². The Kier molecular flexibility index (Phi) is 3.48. The summed E-state index contributed by atoms with van der Waals surface area (Å²) in [4.78, 5) is 11.5. The molecule has 74 valence electrons. The Morgan fingerprint density at radius 1 is 1.31 bits per heavy atom. The van der Waals surface area contributed by atoms with Crippen LogP contribution in [0.2, 0.25) is 19.6 Å². The topological polar surface area (TPSA) is 17.1 Å². The van der Waals surface area contributed by atoms with Gasteiger partial charge in [0.15, 0.2) is 0 Å². The zero-order valence-electron chi connectivity index (χ0n) is 8.97. The maximum atomic E-state index is 11.5. The number of carbonyl (C=O) groups is 1. The normalized spacial score (nSPS) is 25.5. The maximum absolute atomic E-state index is 11.5. The highest BCUT2D eigenvalue weighted by atomic mass is 28.3. The Bertz CT molecular complexity index is 213. The van der Waals surface area contributed by atoms with Crippen molar-refractivity contribution in [3.8, 4) is 0 Å². The van der Waals surface area contributed by atoms with Gasteiger partial charge in [-0.2, -0.15) is 0 Å². The Labute approximate surface area is 82.2 Å². The summed E-state index contributed by atoms with van der Waals surface area (Å²) in [6, 6.07) is 0. The largest absolute Gasteiger partial charge is 0.299 e. The number of hydrogen-bond acceptors (Lipinski definition) is 1. The predicted octanol–water partition coefficient (Wildman–Crippen LogP) is 3.18. The van der Waals surface area contributed by atoms with Gasteiger partial charge in [-0.3, -0.25) is 4.79 Å². The van der Waals surface area contributed by atoms with Crippen molar-refractivity contribution in [1.82, 2.24) is 0 Å². The van der Waals surface area contributed by atoms with Gasteiger partial charge in [0.25, 0.3) is 0 Å². The van der Waals surface area contributed by atoms with E-state index >= 15 is 0 Å². The molecule has 0 amide bonds. The van der Waals surface area contributed by atoms with E-state index in [-0.39, 0.29) is 5.92 Å². The molecule has 1 aliphatic carbocycles. The fraction of sp³-hybridized carbons (Fsp3) is 0.727. The van der Waals surface area contributed by atoms with E-state index in [0.717, 1.165) is 19.3 Å². The van der Waals surface area contributed by atoms with Gasteiger partial charge in [0.1, 0.15) is 5.78 Å². The van der Waals surface area contributed by atoms with Crippen molar-refractivity contribution in [2.75, 3.05) is 0 Å². The third-order valence-corrected chi connectivity index (χ3v) is 3.62. The molecule has 1 fully saturated rings. The molecule has 0 spiro atoms. The summed E-state index contributed by atoms with van der Waals surface area (Å²) >= 11 is 0. The molecule has 1 aliphatic rings. The highest BCUT2D eigenvalue weighted by molar-refractivity contribution is 6.80. The quantitative estimate of drug-likeness (QED) is 0.620. The lowest BCUT2D eigenvalue weighted by Gasteiger charge is -2.18. The van der Waals surface area contributed by atoms with Crippen LogP contribution in [0, 0.1) is 5.92 Å². The lowest BCUT2D eigenvalue weighted by atomic mass is 9.88. The smallest absolute Gasteiger partial charge is 0.139 e. The van der Waals surface area contributed by atoms with Crippen LogP contribution < -0.4 is 0 Å². The Hall–Kier alpha value is -0.373. The zero-order chi connectivity index (χ0) is 9.90. The summed E-state index contributed by atoms with van der Waals surface area (Å²) in [5.74, 6) is 0.709. The molecule has 0 N–H and O–H groups in total. The molecule has 1 unspecified atom stereocenters. The zero-order valence-corrected chi connectivity index (χ0v) is 9.97. The van der Waals surface area contributed by atoms with Crippen LogP contribution in [0.15, 0.2) is 11.8 Å². The number of hydrogen-bond donors (Lipinski definition) is 0. The summed E-state index contributed by atoms with van der Waals surface area (Å²) in [5.41, 5.74) is 2.31. The second-order valence-electron chi connectivity index (χ2n) is 5.04. The Balaban J connectivity index is 2.52. The van der Waals surface area contributed by atoms with Crippen molar-refractivity contribution in [3.05, 3.63) is 11.8 Å². The first-order valence-corrected chi connectivity index (χ1v) is 8.79. The molecule has 0 aromatic carbocycles. The van der Waals surface area contributed by atoms with E-state index in [2.05, 4.69) is 31.4 Å². The van der Waals surface area contributed by atoms with Crippen LogP contribution in [-0.2, 0) is 4.79 Å². The van der Waals surface area contributed by atoms with Crippen LogP contribution in [0.5, 0.6) is 0 Å². The highest BCUT2D eigenvalue weighted by Crippen LogP contribution is 2.22. The molecule has 1 nitrogen and oxygen atoms in total. The van der Waals surface area contributed by atoms with Crippen LogP contribution >= 0.6 is 0 Å². The minimum absolute atomic E-state index is 0.250. The predicted molar refractivity (Wildman–Crippen MR) is 59.5 cm³/mol. The van der Waals surface area contributed by atoms with Gasteiger partial charge in [-0.1, -0.05) is 37.8 Å². The highest BCUT2D eigenvalue weighted by Gasteiger charge is 2.20. The SMILES string of the molecule is C[Si](C)(C)C=CC1CCCCC1=O. The average molecular weight is 196 g/mol. The average Bonchev–Trinajstić information content (AvgIpc) is 2.01. The molecule has 0 heterocycles. The Morgan fingerprint density at radius 3 is 2.54 bits per heavy atom. The third kappa shape index (κ3) is 3.90. The number of ketones is 1. The van der Waals surface area contributed by atoms with E-state index < -0.39 is 8.07 Å². The van der Waals surface area contributed by atoms with Gasteiger partial charge in [0.05, 0.1) is 8.07 Å². The lowest BCUT2D eigenvalue weighted by Crippen LogP contribution is -2.20. The molecule has 2 heteroatoms. The van der Waals surface area contributed by atoms with Crippen LogP contribution in [-0.4, -0.2) is 13.9 Å². The second kappa shape index (κ2) is 4.23. The summed E-state index contributed by atoms with van der Waals surface area (Å²) in [5, 5.41) is 0. The summed E-state index contributed by atoms with van der Waals surface area (Å²) in [6.45, 7) is 6.91. The summed E-state index contributed by atoms with van der Waals surface area (Å²) in [7, 11) is -1.10. The molecule has 0 saturated heterocycles.